The van der Waals surface area contributed by atoms with Crippen LogP contribution in [0.5, 0.6) is 11.5 Å². The summed E-state index contributed by atoms with van der Waals surface area (Å²) < 4.78 is 11.1. The molecule has 2 aliphatic heterocycles. The number of carboxylic acids is 1. The third-order valence-corrected chi connectivity index (χ3v) is 5.95. The van der Waals surface area contributed by atoms with Crippen LogP contribution in [0.2, 0.25) is 0 Å². The molecule has 8 heteroatoms. The van der Waals surface area contributed by atoms with Gasteiger partial charge in [-0.25, -0.2) is 0 Å². The van der Waals surface area contributed by atoms with Crippen molar-refractivity contribution in [2.24, 2.45) is 0 Å². The van der Waals surface area contributed by atoms with Gasteiger partial charge in [0.1, 0.15) is 19.0 Å². The van der Waals surface area contributed by atoms with E-state index in [0.717, 1.165) is 0 Å². The van der Waals surface area contributed by atoms with Gasteiger partial charge in [0.05, 0.1) is 18.0 Å². The highest BCUT2D eigenvalue weighted by Crippen LogP contribution is 2.43. The van der Waals surface area contributed by atoms with Crippen LogP contribution in [-0.4, -0.2) is 41.1 Å². The van der Waals surface area contributed by atoms with Crippen molar-refractivity contribution in [1.29, 1.82) is 0 Å². The minimum Gasteiger partial charge on any atom is -0.507 e. The van der Waals surface area contributed by atoms with Crippen molar-refractivity contribution in [3.05, 3.63) is 95.1 Å². The largest absolute Gasteiger partial charge is 0.507 e. The van der Waals surface area contributed by atoms with E-state index < -0.39 is 23.7 Å². The van der Waals surface area contributed by atoms with E-state index in [9.17, 15) is 19.5 Å². The molecule has 35 heavy (non-hydrogen) atoms. The monoisotopic (exact) mass is 471 g/mol. The summed E-state index contributed by atoms with van der Waals surface area (Å²) in [5.41, 5.74) is 1.89. The van der Waals surface area contributed by atoms with Crippen molar-refractivity contribution >= 4 is 29.1 Å². The number of amides is 1. The van der Waals surface area contributed by atoms with Gasteiger partial charge in [0.25, 0.3) is 11.7 Å². The average molecular weight is 471 g/mol. The smallest absolute Gasteiger partial charge is 0.307 e. The predicted octanol–water partition coefficient (Wildman–Crippen LogP) is 3.71. The summed E-state index contributed by atoms with van der Waals surface area (Å²) in [5, 5.41) is 20.3. The number of aliphatic hydroxyl groups excluding tert-OH is 1. The van der Waals surface area contributed by atoms with Crippen LogP contribution in [0, 0.1) is 0 Å². The van der Waals surface area contributed by atoms with E-state index in [0.29, 0.717) is 47.1 Å². The highest BCUT2D eigenvalue weighted by atomic mass is 16.6. The van der Waals surface area contributed by atoms with Gasteiger partial charge >= 0.3 is 5.97 Å². The summed E-state index contributed by atoms with van der Waals surface area (Å²) in [6.45, 7) is 0.784. The van der Waals surface area contributed by atoms with Gasteiger partial charge in [-0.3, -0.25) is 19.3 Å². The number of hydrogen-bond donors (Lipinski definition) is 2. The highest BCUT2D eigenvalue weighted by Gasteiger charge is 2.47. The van der Waals surface area contributed by atoms with Crippen LogP contribution in [0.3, 0.4) is 0 Å². The fraction of sp³-hybridized carbons (Fsp3) is 0.148. The van der Waals surface area contributed by atoms with E-state index in [4.69, 9.17) is 14.6 Å². The fourth-order valence-corrected chi connectivity index (χ4v) is 4.34. The number of hydrogen-bond acceptors (Lipinski definition) is 6. The number of nitrogens with zero attached hydrogens (tertiary/aromatic N) is 1. The molecule has 0 bridgehead atoms. The number of carboxylic acid groups (broad SMARTS) is 1. The summed E-state index contributed by atoms with van der Waals surface area (Å²) in [7, 11) is 0. The van der Waals surface area contributed by atoms with Crippen LogP contribution >= 0.6 is 0 Å². The zero-order chi connectivity index (χ0) is 24.5. The molecule has 8 nitrogen and oxygen atoms in total. The van der Waals surface area contributed by atoms with Gasteiger partial charge in [-0.1, -0.05) is 42.5 Å². The molecule has 2 heterocycles. The average Bonchev–Trinajstić information content (AvgIpc) is 3.14. The minimum atomic E-state index is -0.970. The van der Waals surface area contributed by atoms with Gasteiger partial charge in [-0.2, -0.15) is 0 Å². The Balaban J connectivity index is 1.62. The molecule has 1 fully saturated rings. The first-order valence-electron chi connectivity index (χ1n) is 11.0. The van der Waals surface area contributed by atoms with E-state index in [1.165, 1.54) is 4.90 Å². The van der Waals surface area contributed by atoms with Gasteiger partial charge in [0.2, 0.25) is 0 Å². The van der Waals surface area contributed by atoms with Gasteiger partial charge in [-0.15, -0.1) is 0 Å². The molecule has 1 unspecified atom stereocenters. The SMILES string of the molecule is O=C(O)Cc1ccc(N2C(=O)C(=O)/C(=C(\O)c3ccc4c(c3)OCCO4)C2c2ccccc2)cc1. The molecular weight excluding hydrogens is 450 g/mol. The molecule has 0 aliphatic carbocycles. The number of aliphatic hydroxyl groups is 1. The molecule has 0 radical (unpaired) electrons. The van der Waals surface area contributed by atoms with Crippen LogP contribution in [0.25, 0.3) is 5.76 Å². The molecule has 1 saturated heterocycles. The Hall–Kier alpha value is -4.59. The fourth-order valence-electron chi connectivity index (χ4n) is 4.34. The van der Waals surface area contributed by atoms with Crippen molar-refractivity contribution < 1.29 is 34.1 Å². The molecule has 1 atom stereocenters. The van der Waals surface area contributed by atoms with Crippen molar-refractivity contribution in [2.45, 2.75) is 12.5 Å². The van der Waals surface area contributed by atoms with E-state index in [2.05, 4.69) is 0 Å². The third-order valence-electron chi connectivity index (χ3n) is 5.95. The number of carbonyl (C=O) groups is 3. The highest BCUT2D eigenvalue weighted by molar-refractivity contribution is 6.51. The van der Waals surface area contributed by atoms with Gasteiger partial charge in [0.15, 0.2) is 11.5 Å². The minimum absolute atomic E-state index is 0.0486. The normalized spacial score (nSPS) is 18.5. The molecule has 0 saturated carbocycles. The molecule has 0 spiro atoms. The molecule has 0 aromatic heterocycles. The molecule has 2 aliphatic rings. The van der Waals surface area contributed by atoms with E-state index >= 15 is 0 Å². The van der Waals surface area contributed by atoms with Crippen LogP contribution < -0.4 is 14.4 Å². The first-order chi connectivity index (χ1) is 16.9. The maximum atomic E-state index is 13.2. The zero-order valence-electron chi connectivity index (χ0n) is 18.5. The number of fused-ring (bicyclic) bond motifs is 1. The molecule has 3 aromatic rings. The number of ketones is 1. The topological polar surface area (TPSA) is 113 Å². The maximum Gasteiger partial charge on any atom is 0.307 e. The Morgan fingerprint density at radius 1 is 0.886 bits per heavy atom. The number of Topliss-reactive ketones (excluding diaryl/α,β-unsaturated/α-hetero) is 1. The summed E-state index contributed by atoms with van der Waals surface area (Å²) in [6, 6.07) is 19.3. The molecule has 1 amide bonds. The molecule has 2 N–H and O–H groups in total. The number of benzene rings is 3. The lowest BCUT2D eigenvalue weighted by Crippen LogP contribution is -2.29. The lowest BCUT2D eigenvalue weighted by atomic mass is 9.95. The quantitative estimate of drug-likeness (QED) is 0.331. The van der Waals surface area contributed by atoms with Crippen molar-refractivity contribution in [1.82, 2.24) is 0 Å². The number of aliphatic carboxylic acids is 1. The van der Waals surface area contributed by atoms with Crippen molar-refractivity contribution in [3.63, 3.8) is 0 Å². The van der Waals surface area contributed by atoms with E-state index in [1.54, 1.807) is 66.7 Å². The Morgan fingerprint density at radius 3 is 2.26 bits per heavy atom. The number of ether oxygens (including phenoxy) is 2. The Labute approximate surface area is 200 Å². The summed E-state index contributed by atoms with van der Waals surface area (Å²) in [5.74, 6) is -1.92. The van der Waals surface area contributed by atoms with Crippen LogP contribution in [0.1, 0.15) is 22.7 Å². The molecule has 176 valence electrons. The van der Waals surface area contributed by atoms with Crippen LogP contribution in [0.4, 0.5) is 5.69 Å². The lowest BCUT2D eigenvalue weighted by Gasteiger charge is -2.25. The second kappa shape index (κ2) is 8.98. The standard InChI is InChI=1S/C27H21NO7/c29-22(30)14-16-6-9-19(10-7-16)28-24(17-4-2-1-3-5-17)23(26(32)27(28)33)25(31)18-8-11-20-21(15-18)35-13-12-34-20/h1-11,15,24,31H,12-14H2,(H,29,30)/b25-23-. The Morgan fingerprint density at radius 2 is 1.57 bits per heavy atom. The van der Waals surface area contributed by atoms with Crippen LogP contribution in [-0.2, 0) is 20.8 Å². The predicted molar refractivity (Wildman–Crippen MR) is 126 cm³/mol. The number of carbonyl (C=O) groups excluding carboxylic acids is 2. The Kier molecular flexibility index (Phi) is 5.70. The third kappa shape index (κ3) is 4.10. The van der Waals surface area contributed by atoms with Gasteiger partial charge in [-0.05, 0) is 41.5 Å². The van der Waals surface area contributed by atoms with Crippen LogP contribution in [0.15, 0.2) is 78.4 Å². The molecule has 3 aromatic carbocycles. The molecular formula is C27H21NO7. The van der Waals surface area contributed by atoms with Crippen molar-refractivity contribution in [3.8, 4) is 11.5 Å². The molecule has 5 rings (SSSR count). The number of anilines is 1. The zero-order valence-corrected chi connectivity index (χ0v) is 18.5. The Bertz CT molecular complexity index is 1350. The van der Waals surface area contributed by atoms with Gasteiger partial charge in [0, 0.05) is 11.3 Å². The summed E-state index contributed by atoms with van der Waals surface area (Å²) in [6.07, 6.45) is -0.161. The lowest BCUT2D eigenvalue weighted by molar-refractivity contribution is -0.136. The second-order valence-electron chi connectivity index (χ2n) is 8.18. The van der Waals surface area contributed by atoms with Gasteiger partial charge < -0.3 is 19.7 Å². The van der Waals surface area contributed by atoms with Crippen molar-refractivity contribution in [2.75, 3.05) is 18.1 Å². The number of rotatable bonds is 5. The maximum absolute atomic E-state index is 13.2. The summed E-state index contributed by atoms with van der Waals surface area (Å²) in [4.78, 5) is 38.8. The summed E-state index contributed by atoms with van der Waals surface area (Å²) >= 11 is 0. The first-order valence-corrected chi connectivity index (χ1v) is 11.0. The van der Waals surface area contributed by atoms with E-state index in [-0.39, 0.29) is 17.8 Å². The van der Waals surface area contributed by atoms with E-state index in [1.807, 2.05) is 6.07 Å². The first kappa shape index (κ1) is 22.2. The second-order valence-corrected chi connectivity index (χ2v) is 8.18.